The Morgan fingerprint density at radius 2 is 1.90 bits per heavy atom. The lowest BCUT2D eigenvalue weighted by Crippen LogP contribution is -2.28. The molecule has 2 unspecified atom stereocenters. The third-order valence-electron chi connectivity index (χ3n) is 6.12. The highest BCUT2D eigenvalue weighted by atomic mass is 14.4. The highest BCUT2D eigenvalue weighted by Gasteiger charge is 2.40. The zero-order valence-corrected chi connectivity index (χ0v) is 12.6. The maximum Gasteiger partial charge on any atom is -0.00137 e. The molecule has 0 bridgehead atoms. The average molecular weight is 274 g/mol. The molecule has 0 radical (unpaired) electrons. The van der Waals surface area contributed by atoms with Crippen molar-refractivity contribution in [1.82, 2.24) is 0 Å². The van der Waals surface area contributed by atoms with Crippen molar-refractivity contribution in [2.45, 2.75) is 44.9 Å². The van der Waals surface area contributed by atoms with Gasteiger partial charge in [0.1, 0.15) is 0 Å². The van der Waals surface area contributed by atoms with E-state index in [4.69, 9.17) is 0 Å². The van der Waals surface area contributed by atoms with Crippen LogP contribution in [0.1, 0.15) is 49.7 Å². The van der Waals surface area contributed by atoms with E-state index in [2.05, 4.69) is 36.4 Å². The second-order valence-electron chi connectivity index (χ2n) is 7.11. The summed E-state index contributed by atoms with van der Waals surface area (Å²) in [6, 6.07) is 9.12. The van der Waals surface area contributed by atoms with Crippen molar-refractivity contribution in [3.8, 4) is 0 Å². The molecule has 4 aliphatic carbocycles. The first-order valence-electron chi connectivity index (χ1n) is 8.65. The Hall–Kier alpha value is -1.56. The minimum atomic E-state index is 0.815. The monoisotopic (exact) mass is 274 g/mol. The summed E-state index contributed by atoms with van der Waals surface area (Å²) in [6.07, 6.45) is 14.4. The summed E-state index contributed by atoms with van der Waals surface area (Å²) in [5.74, 6) is 1.68. The van der Waals surface area contributed by atoms with Gasteiger partial charge in [0.05, 0.1) is 0 Å². The fourth-order valence-corrected chi connectivity index (χ4v) is 5.27. The molecular formula is C21H22. The van der Waals surface area contributed by atoms with Gasteiger partial charge < -0.3 is 0 Å². The summed E-state index contributed by atoms with van der Waals surface area (Å²) in [5, 5.41) is 0. The first-order valence-corrected chi connectivity index (χ1v) is 8.65. The maximum absolute atomic E-state index is 2.47. The van der Waals surface area contributed by atoms with Gasteiger partial charge in [0, 0.05) is 0 Å². The average Bonchev–Trinajstić information content (AvgIpc) is 2.95. The molecule has 106 valence electrons. The number of benzene rings is 1. The topological polar surface area (TPSA) is 0 Å². The molecule has 1 aromatic rings. The van der Waals surface area contributed by atoms with Crippen LogP contribution >= 0.6 is 0 Å². The summed E-state index contributed by atoms with van der Waals surface area (Å²) in [7, 11) is 0. The second kappa shape index (κ2) is 4.47. The van der Waals surface area contributed by atoms with E-state index in [-0.39, 0.29) is 0 Å². The molecule has 0 aliphatic heterocycles. The highest BCUT2D eigenvalue weighted by Crippen LogP contribution is 2.55. The van der Waals surface area contributed by atoms with Gasteiger partial charge in [-0.15, -0.1) is 0 Å². The Morgan fingerprint density at radius 1 is 0.952 bits per heavy atom. The first kappa shape index (κ1) is 12.0. The number of hydrogen-bond acceptors (Lipinski definition) is 0. The molecule has 5 rings (SSSR count). The number of allylic oxidation sites excluding steroid dienone is 6. The van der Waals surface area contributed by atoms with Gasteiger partial charge in [-0.3, -0.25) is 0 Å². The van der Waals surface area contributed by atoms with E-state index in [1.54, 1.807) is 22.3 Å². The van der Waals surface area contributed by atoms with Crippen LogP contribution in [0.4, 0.5) is 0 Å². The van der Waals surface area contributed by atoms with E-state index in [0.29, 0.717) is 0 Å². The molecule has 1 aromatic carbocycles. The van der Waals surface area contributed by atoms with E-state index >= 15 is 0 Å². The van der Waals surface area contributed by atoms with Gasteiger partial charge in [-0.25, -0.2) is 0 Å². The molecule has 0 saturated heterocycles. The van der Waals surface area contributed by atoms with E-state index in [1.165, 1.54) is 50.5 Å². The van der Waals surface area contributed by atoms with Gasteiger partial charge in [0.2, 0.25) is 0 Å². The Bertz CT molecular complexity index is 699. The van der Waals surface area contributed by atoms with Crippen LogP contribution in [-0.2, 0) is 6.42 Å². The van der Waals surface area contributed by atoms with Crippen molar-refractivity contribution in [3.05, 3.63) is 64.3 Å². The SMILES string of the molecule is C1=CC2=C3C(=C4CCCCC4C2CC1)Cc1ccccc13. The summed E-state index contributed by atoms with van der Waals surface area (Å²) in [6.45, 7) is 0. The molecule has 0 N–H and O–H groups in total. The lowest BCUT2D eigenvalue weighted by atomic mass is 9.64. The van der Waals surface area contributed by atoms with Crippen LogP contribution in [-0.4, -0.2) is 0 Å². The molecule has 0 aromatic heterocycles. The zero-order valence-electron chi connectivity index (χ0n) is 12.6. The molecule has 0 spiro atoms. The normalized spacial score (nSPS) is 29.9. The van der Waals surface area contributed by atoms with Crippen LogP contribution in [0.5, 0.6) is 0 Å². The molecule has 0 heteroatoms. The molecule has 0 heterocycles. The summed E-state index contributed by atoms with van der Waals surface area (Å²) < 4.78 is 0. The van der Waals surface area contributed by atoms with Crippen molar-refractivity contribution in [2.24, 2.45) is 11.8 Å². The van der Waals surface area contributed by atoms with E-state index < -0.39 is 0 Å². The molecular weight excluding hydrogens is 252 g/mol. The standard InChI is InChI=1S/C21H22/c1-2-8-15-14(7-1)13-20-18-11-4-3-9-16(18)17-10-5-6-12-19(17)21(15)20/h1-2,6-8,12,16-17H,3-5,9-11,13H2. The van der Waals surface area contributed by atoms with Crippen LogP contribution in [0.3, 0.4) is 0 Å². The Morgan fingerprint density at radius 3 is 2.90 bits per heavy atom. The van der Waals surface area contributed by atoms with Gasteiger partial charge in [0.15, 0.2) is 0 Å². The van der Waals surface area contributed by atoms with Gasteiger partial charge in [0.25, 0.3) is 0 Å². The quantitative estimate of drug-likeness (QED) is 0.589. The molecule has 1 saturated carbocycles. The smallest absolute Gasteiger partial charge is 0.00137 e. The minimum absolute atomic E-state index is 0.815. The summed E-state index contributed by atoms with van der Waals surface area (Å²) in [5.41, 5.74) is 9.98. The maximum atomic E-state index is 2.47. The van der Waals surface area contributed by atoms with Crippen molar-refractivity contribution in [2.75, 3.05) is 0 Å². The number of hydrogen-bond donors (Lipinski definition) is 0. The third kappa shape index (κ3) is 1.62. The minimum Gasteiger partial charge on any atom is -0.0842 e. The summed E-state index contributed by atoms with van der Waals surface area (Å²) in [4.78, 5) is 0. The molecule has 0 amide bonds. The van der Waals surface area contributed by atoms with Gasteiger partial charge in [-0.05, 0) is 78.2 Å². The van der Waals surface area contributed by atoms with Gasteiger partial charge in [-0.2, -0.15) is 0 Å². The molecule has 0 nitrogen and oxygen atoms in total. The lowest BCUT2D eigenvalue weighted by molar-refractivity contribution is 0.331. The van der Waals surface area contributed by atoms with Gasteiger partial charge >= 0.3 is 0 Å². The Labute approximate surface area is 127 Å². The molecule has 1 fully saturated rings. The molecule has 21 heavy (non-hydrogen) atoms. The molecule has 2 atom stereocenters. The molecule has 4 aliphatic rings. The lowest BCUT2D eigenvalue weighted by Gasteiger charge is -2.41. The van der Waals surface area contributed by atoms with Crippen LogP contribution in [0, 0.1) is 11.8 Å². The third-order valence-corrected chi connectivity index (χ3v) is 6.12. The highest BCUT2D eigenvalue weighted by molar-refractivity contribution is 5.91. The van der Waals surface area contributed by atoms with Gasteiger partial charge in [-0.1, -0.05) is 48.4 Å². The zero-order chi connectivity index (χ0) is 13.8. The van der Waals surface area contributed by atoms with Crippen molar-refractivity contribution in [1.29, 1.82) is 0 Å². The van der Waals surface area contributed by atoms with Crippen LogP contribution in [0.25, 0.3) is 5.57 Å². The first-order chi connectivity index (χ1) is 10.4. The van der Waals surface area contributed by atoms with Crippen molar-refractivity contribution >= 4 is 5.57 Å². The predicted octanol–water partition coefficient (Wildman–Crippen LogP) is 5.46. The van der Waals surface area contributed by atoms with E-state index in [1.807, 2.05) is 5.57 Å². The largest absolute Gasteiger partial charge is 0.0842 e. The van der Waals surface area contributed by atoms with Crippen LogP contribution in [0.2, 0.25) is 0 Å². The second-order valence-corrected chi connectivity index (χ2v) is 7.11. The number of fused-ring (bicyclic) bond motifs is 6. The fraction of sp³-hybridized carbons (Fsp3) is 0.429. The van der Waals surface area contributed by atoms with Crippen molar-refractivity contribution < 1.29 is 0 Å². The van der Waals surface area contributed by atoms with Crippen molar-refractivity contribution in [3.63, 3.8) is 0 Å². The Balaban J connectivity index is 1.79. The predicted molar refractivity (Wildman–Crippen MR) is 87.9 cm³/mol. The van der Waals surface area contributed by atoms with E-state index in [0.717, 1.165) is 11.8 Å². The van der Waals surface area contributed by atoms with Crippen LogP contribution in [0.15, 0.2) is 53.1 Å². The fourth-order valence-electron chi connectivity index (χ4n) is 5.27. The van der Waals surface area contributed by atoms with E-state index in [9.17, 15) is 0 Å². The summed E-state index contributed by atoms with van der Waals surface area (Å²) >= 11 is 0. The van der Waals surface area contributed by atoms with Crippen LogP contribution < -0.4 is 0 Å². The number of rotatable bonds is 0. The Kier molecular flexibility index (Phi) is 2.56.